The van der Waals surface area contributed by atoms with E-state index in [1.54, 1.807) is 54.1 Å². The van der Waals surface area contributed by atoms with Crippen molar-refractivity contribution in [1.29, 1.82) is 0 Å². The van der Waals surface area contributed by atoms with Gasteiger partial charge in [-0.3, -0.25) is 29.8 Å². The summed E-state index contributed by atoms with van der Waals surface area (Å²) in [5.74, 6) is 0.597. The Morgan fingerprint density at radius 2 is 1.82 bits per heavy atom. The summed E-state index contributed by atoms with van der Waals surface area (Å²) in [6.45, 7) is 0.657. The van der Waals surface area contributed by atoms with E-state index in [2.05, 4.69) is 21.2 Å². The number of benzene rings is 2. The Balaban J connectivity index is 1.39. The second-order valence-electron chi connectivity index (χ2n) is 7.97. The molecule has 4 rings (SSSR count). The molecule has 0 aliphatic carbocycles. The van der Waals surface area contributed by atoms with Crippen molar-refractivity contribution < 1.29 is 14.3 Å². The molecule has 2 aromatic carbocycles. The fourth-order valence-corrected chi connectivity index (χ4v) is 3.87. The minimum atomic E-state index is -0.483. The number of rotatable bonds is 5. The summed E-state index contributed by atoms with van der Waals surface area (Å²) in [6.07, 6.45) is 4.95. The summed E-state index contributed by atoms with van der Waals surface area (Å²) >= 11 is 0. The summed E-state index contributed by atoms with van der Waals surface area (Å²) in [5.41, 5.74) is 6.28. The Labute approximate surface area is 191 Å². The molecule has 0 saturated carbocycles. The van der Waals surface area contributed by atoms with Gasteiger partial charge in [0.2, 0.25) is 0 Å². The van der Waals surface area contributed by atoms with Gasteiger partial charge in [0, 0.05) is 24.2 Å². The van der Waals surface area contributed by atoms with Crippen LogP contribution < -0.4 is 26.5 Å². The second kappa shape index (κ2) is 10.2. The predicted molar refractivity (Wildman–Crippen MR) is 125 cm³/mol. The summed E-state index contributed by atoms with van der Waals surface area (Å²) in [6, 6.07) is 11.9. The Hall–Kier alpha value is -3.88. The van der Waals surface area contributed by atoms with Crippen LogP contribution in [-0.4, -0.2) is 35.0 Å². The van der Waals surface area contributed by atoms with Crippen LogP contribution in [0.1, 0.15) is 41.9 Å². The molecule has 0 atom stereocenters. The van der Waals surface area contributed by atoms with Gasteiger partial charge >= 0.3 is 0 Å². The van der Waals surface area contributed by atoms with Crippen LogP contribution in [0.3, 0.4) is 0 Å². The van der Waals surface area contributed by atoms with Crippen molar-refractivity contribution in [2.45, 2.75) is 38.6 Å². The highest BCUT2D eigenvalue weighted by molar-refractivity contribution is 5.98. The lowest BCUT2D eigenvalue weighted by Gasteiger charge is -2.16. The number of aromatic nitrogens is 2. The number of hydrazine groups is 1. The van der Waals surface area contributed by atoms with Crippen molar-refractivity contribution in [2.24, 2.45) is 0 Å². The molecular formula is C24H27N5O4. The summed E-state index contributed by atoms with van der Waals surface area (Å²) in [5, 5.41) is 3.45. The van der Waals surface area contributed by atoms with E-state index in [0.717, 1.165) is 49.4 Å². The van der Waals surface area contributed by atoms with Crippen molar-refractivity contribution in [2.75, 3.05) is 19.0 Å². The van der Waals surface area contributed by atoms with Crippen molar-refractivity contribution in [3.63, 3.8) is 0 Å². The molecule has 2 amide bonds. The van der Waals surface area contributed by atoms with E-state index in [0.29, 0.717) is 23.0 Å². The van der Waals surface area contributed by atoms with E-state index in [-0.39, 0.29) is 12.1 Å². The molecular weight excluding hydrogens is 422 g/mol. The van der Waals surface area contributed by atoms with E-state index < -0.39 is 11.8 Å². The molecule has 1 aromatic heterocycles. The summed E-state index contributed by atoms with van der Waals surface area (Å²) in [4.78, 5) is 42.2. The topological polar surface area (TPSA) is 114 Å². The van der Waals surface area contributed by atoms with Crippen molar-refractivity contribution in [3.05, 3.63) is 64.2 Å². The lowest BCUT2D eigenvalue weighted by molar-refractivity contribution is -0.120. The molecule has 3 N–H and O–H groups in total. The smallest absolute Gasteiger partial charge is 0.269 e. The van der Waals surface area contributed by atoms with Gasteiger partial charge < -0.3 is 10.1 Å². The molecule has 0 radical (unpaired) electrons. The lowest BCUT2D eigenvalue weighted by Crippen LogP contribution is -2.44. The first kappa shape index (κ1) is 22.3. The summed E-state index contributed by atoms with van der Waals surface area (Å²) < 4.78 is 6.86. The van der Waals surface area contributed by atoms with Crippen LogP contribution in [-0.2, 0) is 17.8 Å². The normalized spacial score (nSPS) is 13.4. The quantitative estimate of drug-likeness (QED) is 0.516. The molecule has 3 aromatic rings. The Morgan fingerprint density at radius 3 is 2.61 bits per heavy atom. The number of carbonyl (C=O) groups excluding carboxylic acids is 2. The summed E-state index contributed by atoms with van der Waals surface area (Å²) in [7, 11) is 1.58. The molecule has 1 aliphatic heterocycles. The highest BCUT2D eigenvalue weighted by Crippen LogP contribution is 2.17. The number of amides is 2. The Kier molecular flexibility index (Phi) is 6.87. The van der Waals surface area contributed by atoms with Gasteiger partial charge in [0.05, 0.1) is 24.6 Å². The average Bonchev–Trinajstić information content (AvgIpc) is 2.82. The molecule has 0 fully saturated rings. The predicted octanol–water partition coefficient (Wildman–Crippen LogP) is 2.39. The molecule has 9 nitrogen and oxygen atoms in total. The number of hydrogen-bond acceptors (Lipinski definition) is 6. The number of nitrogens with one attached hydrogen (secondary N) is 3. The van der Waals surface area contributed by atoms with Gasteiger partial charge in [0.25, 0.3) is 17.4 Å². The van der Waals surface area contributed by atoms with E-state index >= 15 is 0 Å². The highest BCUT2D eigenvalue weighted by Gasteiger charge is 2.15. The Bertz CT molecular complexity index is 1220. The molecule has 0 spiro atoms. The van der Waals surface area contributed by atoms with Gasteiger partial charge in [0.1, 0.15) is 11.6 Å². The van der Waals surface area contributed by atoms with Gasteiger partial charge in [-0.15, -0.1) is 0 Å². The Morgan fingerprint density at radius 1 is 1.03 bits per heavy atom. The third-order valence-corrected chi connectivity index (χ3v) is 5.69. The van der Waals surface area contributed by atoms with Crippen molar-refractivity contribution in [3.8, 4) is 5.75 Å². The van der Waals surface area contributed by atoms with Crippen LogP contribution in [0.25, 0.3) is 10.9 Å². The second-order valence-corrected chi connectivity index (χ2v) is 7.97. The number of fused-ring (bicyclic) bond motifs is 2. The molecule has 172 valence electrons. The number of ether oxygens (including phenoxy) is 1. The molecule has 9 heteroatoms. The fourth-order valence-electron chi connectivity index (χ4n) is 3.87. The van der Waals surface area contributed by atoms with Gasteiger partial charge in [-0.05, 0) is 55.3 Å². The zero-order chi connectivity index (χ0) is 23.2. The van der Waals surface area contributed by atoms with Crippen LogP contribution >= 0.6 is 0 Å². The van der Waals surface area contributed by atoms with Crippen LogP contribution in [0, 0.1) is 0 Å². The van der Waals surface area contributed by atoms with E-state index in [4.69, 9.17) is 4.74 Å². The molecule has 33 heavy (non-hydrogen) atoms. The maximum absolute atomic E-state index is 12.9. The van der Waals surface area contributed by atoms with Crippen LogP contribution in [0.15, 0.2) is 47.3 Å². The maximum atomic E-state index is 12.9. The zero-order valence-corrected chi connectivity index (χ0v) is 18.5. The molecule has 0 unspecified atom stereocenters. The van der Waals surface area contributed by atoms with E-state index in [1.807, 2.05) is 0 Å². The van der Waals surface area contributed by atoms with Crippen LogP contribution in [0.2, 0.25) is 0 Å². The standard InChI is InChI=1S/C24H27N5O4/c1-33-18-10-8-17(9-11-18)25-15-22(30)27-28-23(31)16-7-12-19-20(14-16)26-21-6-4-2-3-5-13-29(21)24(19)32/h7-12,14,25H,2-6,13,15H2,1H3,(H,27,30)(H,28,31). The third-order valence-electron chi connectivity index (χ3n) is 5.69. The first-order valence-corrected chi connectivity index (χ1v) is 11.1. The minimum Gasteiger partial charge on any atom is -0.497 e. The van der Waals surface area contributed by atoms with Crippen molar-refractivity contribution >= 4 is 28.4 Å². The van der Waals surface area contributed by atoms with Crippen LogP contribution in [0.4, 0.5) is 5.69 Å². The van der Waals surface area contributed by atoms with Crippen molar-refractivity contribution in [1.82, 2.24) is 20.4 Å². The molecule has 2 heterocycles. The van der Waals surface area contributed by atoms with E-state index in [9.17, 15) is 14.4 Å². The van der Waals surface area contributed by atoms with Gasteiger partial charge in [-0.2, -0.15) is 0 Å². The maximum Gasteiger partial charge on any atom is 0.269 e. The average molecular weight is 450 g/mol. The number of hydrogen-bond donors (Lipinski definition) is 3. The number of anilines is 1. The number of aryl methyl sites for hydroxylation is 1. The number of carbonyl (C=O) groups is 2. The molecule has 0 saturated heterocycles. The van der Waals surface area contributed by atoms with Crippen LogP contribution in [0.5, 0.6) is 5.75 Å². The van der Waals surface area contributed by atoms with Gasteiger partial charge in [-0.25, -0.2) is 4.98 Å². The molecule has 1 aliphatic rings. The zero-order valence-electron chi connectivity index (χ0n) is 18.5. The monoisotopic (exact) mass is 449 g/mol. The molecule has 0 bridgehead atoms. The van der Waals surface area contributed by atoms with Gasteiger partial charge in [-0.1, -0.05) is 12.8 Å². The lowest BCUT2D eigenvalue weighted by atomic mass is 10.1. The van der Waals surface area contributed by atoms with Gasteiger partial charge in [0.15, 0.2) is 0 Å². The highest BCUT2D eigenvalue weighted by atomic mass is 16.5. The SMILES string of the molecule is COc1ccc(NCC(=O)NNC(=O)c2ccc3c(=O)n4c(nc3c2)CCCCCC4)cc1. The first-order valence-electron chi connectivity index (χ1n) is 11.1. The van der Waals surface area contributed by atoms with E-state index in [1.165, 1.54) is 0 Å². The fraction of sp³-hybridized carbons (Fsp3) is 0.333. The minimum absolute atomic E-state index is 0.0191. The number of methoxy groups -OCH3 is 1. The largest absolute Gasteiger partial charge is 0.497 e. The number of nitrogens with zero attached hydrogens (tertiary/aromatic N) is 2. The third kappa shape index (κ3) is 5.31. The first-order chi connectivity index (χ1) is 16.0.